The number of nitrogens with zero attached hydrogens (tertiary/aromatic N) is 2. The number of aliphatic imine (C=N–C) groups is 1. The van der Waals surface area contributed by atoms with Crippen molar-refractivity contribution >= 4 is 5.96 Å². The van der Waals surface area contributed by atoms with Crippen LogP contribution in [0.25, 0.3) is 0 Å². The molecule has 0 aliphatic carbocycles. The summed E-state index contributed by atoms with van der Waals surface area (Å²) in [5.74, 6) is 2.55. The number of nitrogens with one attached hydrogen (secondary N) is 2. The molecule has 0 bridgehead atoms. The monoisotopic (exact) mass is 448 g/mol. The summed E-state index contributed by atoms with van der Waals surface area (Å²) in [4.78, 5) is 7.19. The van der Waals surface area contributed by atoms with Gasteiger partial charge in [-0.3, -0.25) is 9.89 Å². The third-order valence-corrected chi connectivity index (χ3v) is 5.82. The van der Waals surface area contributed by atoms with Crippen LogP contribution in [0.3, 0.4) is 0 Å². The Morgan fingerprint density at radius 3 is 2.69 bits per heavy atom. The predicted molar refractivity (Wildman–Crippen MR) is 127 cm³/mol. The van der Waals surface area contributed by atoms with Gasteiger partial charge < -0.3 is 29.6 Å². The molecule has 2 heterocycles. The minimum atomic E-state index is 0.292. The van der Waals surface area contributed by atoms with Crippen LogP contribution >= 0.6 is 0 Å². The third-order valence-electron chi connectivity index (χ3n) is 5.82. The van der Waals surface area contributed by atoms with Gasteiger partial charge in [0.25, 0.3) is 0 Å². The minimum Gasteiger partial charge on any atom is -0.497 e. The van der Waals surface area contributed by atoms with Crippen molar-refractivity contribution in [3.8, 4) is 11.5 Å². The average Bonchev–Trinajstić information content (AvgIpc) is 3.48. The number of benzene rings is 1. The molecule has 2 saturated heterocycles. The van der Waals surface area contributed by atoms with Gasteiger partial charge in [-0.05, 0) is 50.3 Å². The van der Waals surface area contributed by atoms with Gasteiger partial charge in [0.1, 0.15) is 11.5 Å². The second-order valence-corrected chi connectivity index (χ2v) is 8.41. The number of rotatable bonds is 12. The molecule has 0 spiro atoms. The van der Waals surface area contributed by atoms with E-state index in [9.17, 15) is 0 Å². The molecule has 0 aromatic heterocycles. The Hall–Kier alpha value is -2.03. The molecular formula is C24H40N4O4. The Bertz CT molecular complexity index is 687. The van der Waals surface area contributed by atoms with Crippen molar-refractivity contribution in [1.29, 1.82) is 0 Å². The molecule has 180 valence electrons. The molecule has 0 radical (unpaired) electrons. The zero-order chi connectivity index (χ0) is 22.6. The first-order valence-electron chi connectivity index (χ1n) is 11.9. The van der Waals surface area contributed by atoms with Crippen molar-refractivity contribution < 1.29 is 18.9 Å². The number of hydrogen-bond donors (Lipinski definition) is 2. The summed E-state index contributed by atoms with van der Waals surface area (Å²) in [6.45, 7) is 8.91. The fraction of sp³-hybridized carbons (Fsp3) is 0.708. The summed E-state index contributed by atoms with van der Waals surface area (Å²) in [5, 5.41) is 6.97. The van der Waals surface area contributed by atoms with E-state index >= 15 is 0 Å². The lowest BCUT2D eigenvalue weighted by atomic mass is 10.2. The normalized spacial score (nSPS) is 21.7. The zero-order valence-electron chi connectivity index (χ0n) is 19.9. The van der Waals surface area contributed by atoms with Gasteiger partial charge >= 0.3 is 0 Å². The van der Waals surface area contributed by atoms with Crippen molar-refractivity contribution in [2.75, 3.05) is 60.2 Å². The van der Waals surface area contributed by atoms with Crippen LogP contribution in [0.2, 0.25) is 0 Å². The fourth-order valence-corrected chi connectivity index (χ4v) is 4.17. The highest BCUT2D eigenvalue weighted by molar-refractivity contribution is 5.80. The highest BCUT2D eigenvalue weighted by Gasteiger charge is 2.23. The number of ether oxygens (including phenoxy) is 4. The number of methoxy groups -OCH3 is 2. The van der Waals surface area contributed by atoms with E-state index in [2.05, 4.69) is 34.6 Å². The predicted octanol–water partition coefficient (Wildman–Crippen LogP) is 2.42. The van der Waals surface area contributed by atoms with E-state index in [4.69, 9.17) is 23.9 Å². The molecule has 0 amide bonds. The molecule has 1 aromatic rings. The van der Waals surface area contributed by atoms with Gasteiger partial charge in [0.15, 0.2) is 5.96 Å². The Morgan fingerprint density at radius 2 is 2.00 bits per heavy atom. The molecule has 8 nitrogen and oxygen atoms in total. The topological polar surface area (TPSA) is 76.6 Å². The van der Waals surface area contributed by atoms with E-state index in [1.165, 1.54) is 5.56 Å². The first kappa shape index (κ1) is 24.6. The van der Waals surface area contributed by atoms with Crippen LogP contribution in [-0.4, -0.2) is 83.2 Å². The van der Waals surface area contributed by atoms with Gasteiger partial charge in [0.05, 0.1) is 26.9 Å². The van der Waals surface area contributed by atoms with E-state index in [0.29, 0.717) is 18.8 Å². The van der Waals surface area contributed by atoms with Gasteiger partial charge in [-0.1, -0.05) is 0 Å². The highest BCUT2D eigenvalue weighted by atomic mass is 16.5. The van der Waals surface area contributed by atoms with Crippen LogP contribution in [0.4, 0.5) is 0 Å². The maximum atomic E-state index is 5.74. The van der Waals surface area contributed by atoms with Gasteiger partial charge in [0.2, 0.25) is 0 Å². The third kappa shape index (κ3) is 8.15. The molecule has 32 heavy (non-hydrogen) atoms. The van der Waals surface area contributed by atoms with Crippen LogP contribution < -0.4 is 20.1 Å². The maximum absolute atomic E-state index is 5.74. The summed E-state index contributed by atoms with van der Waals surface area (Å²) in [6.07, 6.45) is 4.58. The second-order valence-electron chi connectivity index (χ2n) is 8.41. The molecule has 8 heteroatoms. The maximum Gasteiger partial charge on any atom is 0.191 e. The van der Waals surface area contributed by atoms with Crippen LogP contribution in [0.1, 0.15) is 38.2 Å². The Labute approximate surface area is 192 Å². The van der Waals surface area contributed by atoms with Crippen molar-refractivity contribution in [1.82, 2.24) is 15.5 Å². The number of likely N-dealkylation sites (tertiary alicyclic amines) is 1. The van der Waals surface area contributed by atoms with E-state index in [0.717, 1.165) is 89.1 Å². The molecule has 0 saturated carbocycles. The number of guanidine groups is 1. The summed E-state index contributed by atoms with van der Waals surface area (Å²) in [5.41, 5.74) is 1.20. The van der Waals surface area contributed by atoms with Crippen LogP contribution in [0.5, 0.6) is 11.5 Å². The van der Waals surface area contributed by atoms with Gasteiger partial charge in [-0.15, -0.1) is 0 Å². The summed E-state index contributed by atoms with van der Waals surface area (Å²) >= 11 is 0. The van der Waals surface area contributed by atoms with Gasteiger partial charge in [-0.25, -0.2) is 0 Å². The lowest BCUT2D eigenvalue weighted by molar-refractivity contribution is 0.0171. The van der Waals surface area contributed by atoms with Crippen molar-refractivity contribution in [2.24, 2.45) is 4.99 Å². The molecule has 1 aromatic carbocycles. The molecule has 2 N–H and O–H groups in total. The van der Waals surface area contributed by atoms with Crippen LogP contribution in [0.15, 0.2) is 23.2 Å². The first-order valence-corrected chi connectivity index (χ1v) is 11.9. The molecule has 2 unspecified atom stereocenters. The average molecular weight is 449 g/mol. The highest BCUT2D eigenvalue weighted by Crippen LogP contribution is 2.24. The minimum absolute atomic E-state index is 0.292. The van der Waals surface area contributed by atoms with Gasteiger partial charge in [0, 0.05) is 58.0 Å². The molecule has 3 rings (SSSR count). The molecule has 2 aliphatic heterocycles. The van der Waals surface area contributed by atoms with Crippen LogP contribution in [0, 0.1) is 0 Å². The van der Waals surface area contributed by atoms with Crippen molar-refractivity contribution in [2.45, 2.75) is 51.3 Å². The van der Waals surface area contributed by atoms with E-state index in [1.54, 1.807) is 14.2 Å². The lowest BCUT2D eigenvalue weighted by Crippen LogP contribution is -2.44. The van der Waals surface area contributed by atoms with Crippen molar-refractivity contribution in [3.05, 3.63) is 23.8 Å². The van der Waals surface area contributed by atoms with Crippen LogP contribution in [-0.2, 0) is 16.0 Å². The summed E-state index contributed by atoms with van der Waals surface area (Å²) in [7, 11) is 3.37. The lowest BCUT2D eigenvalue weighted by Gasteiger charge is -2.19. The van der Waals surface area contributed by atoms with Crippen molar-refractivity contribution in [3.63, 3.8) is 0 Å². The SMILES string of the molecule is CCNC(=NCCCOCC1CCCO1)NC1CCN(Cc2cc(OC)cc(OC)c2)C1. The smallest absolute Gasteiger partial charge is 0.191 e. The van der Waals surface area contributed by atoms with E-state index in [1.807, 2.05) is 6.07 Å². The Kier molecular flexibility index (Phi) is 10.4. The summed E-state index contributed by atoms with van der Waals surface area (Å²) in [6, 6.07) is 6.45. The largest absolute Gasteiger partial charge is 0.497 e. The quantitative estimate of drug-likeness (QED) is 0.289. The Morgan fingerprint density at radius 1 is 1.19 bits per heavy atom. The Balaban J connectivity index is 1.40. The first-order chi connectivity index (χ1) is 15.7. The van der Waals surface area contributed by atoms with E-state index in [-0.39, 0.29) is 0 Å². The fourth-order valence-electron chi connectivity index (χ4n) is 4.17. The molecular weight excluding hydrogens is 408 g/mol. The second kappa shape index (κ2) is 13.5. The molecule has 2 aliphatic rings. The standard InChI is InChI=1S/C24H40N4O4/c1-4-25-24(26-9-6-11-31-18-21-7-5-12-32-21)27-20-8-10-28(17-20)16-19-13-22(29-2)15-23(14-19)30-3/h13-15,20-21H,4-12,16-18H2,1-3H3,(H2,25,26,27). The zero-order valence-corrected chi connectivity index (χ0v) is 19.9. The molecule has 2 atom stereocenters. The van der Waals surface area contributed by atoms with E-state index < -0.39 is 0 Å². The molecule has 2 fully saturated rings. The summed E-state index contributed by atoms with van der Waals surface area (Å²) < 4.78 is 22.1. The number of hydrogen-bond acceptors (Lipinski definition) is 6. The van der Waals surface area contributed by atoms with Gasteiger partial charge in [-0.2, -0.15) is 0 Å².